The summed E-state index contributed by atoms with van der Waals surface area (Å²) in [4.78, 5) is 22.6. The summed E-state index contributed by atoms with van der Waals surface area (Å²) >= 11 is -0.467. The number of benzene rings is 1. The van der Waals surface area contributed by atoms with Crippen molar-refractivity contribution in [2.24, 2.45) is 0 Å². The molecule has 1 atom stereocenters. The van der Waals surface area contributed by atoms with Crippen LogP contribution >= 0.6 is 0 Å². The molecule has 0 unspecified atom stereocenters. The fourth-order valence-corrected chi connectivity index (χ4v) is 4.52. The van der Waals surface area contributed by atoms with E-state index >= 15 is 0 Å². The van der Waals surface area contributed by atoms with Crippen LogP contribution in [0.15, 0.2) is 30.3 Å². The molecule has 0 heterocycles. The molecule has 0 saturated carbocycles. The average molecular weight is 421 g/mol. The van der Waals surface area contributed by atoms with E-state index in [1.54, 1.807) is 20.8 Å². The van der Waals surface area contributed by atoms with Gasteiger partial charge >= 0.3 is 141 Å². The van der Waals surface area contributed by atoms with E-state index in [-0.39, 0.29) is 12.5 Å². The van der Waals surface area contributed by atoms with E-state index in [4.69, 9.17) is 9.84 Å². The van der Waals surface area contributed by atoms with Crippen LogP contribution < -0.4 is 8.93 Å². The standard InChI is InChI=1S/C16H23NO4Te/c1-16(2,3)21-15(20)17-12(9-10-14(18)19)11-22-13-7-5-4-6-8-13/h4-8,12H,9-11H2,1-3H3,(H,17,20)(H,18,19)/t12-/m0/s1. The van der Waals surface area contributed by atoms with Crippen molar-refractivity contribution >= 4 is 36.6 Å². The van der Waals surface area contributed by atoms with Gasteiger partial charge in [0, 0.05) is 0 Å². The fourth-order valence-electron chi connectivity index (χ4n) is 1.68. The molecule has 22 heavy (non-hydrogen) atoms. The normalized spacial score (nSPS) is 12.5. The number of carboxylic acids is 1. The molecule has 6 heteroatoms. The van der Waals surface area contributed by atoms with Gasteiger partial charge in [-0.3, -0.25) is 0 Å². The van der Waals surface area contributed by atoms with Gasteiger partial charge in [-0.25, -0.2) is 0 Å². The number of carboxylic acid groups (broad SMARTS) is 1. The van der Waals surface area contributed by atoms with Crippen molar-refractivity contribution in [1.82, 2.24) is 5.32 Å². The zero-order valence-corrected chi connectivity index (χ0v) is 15.5. The number of rotatable bonds is 7. The molecule has 1 rings (SSSR count). The summed E-state index contributed by atoms with van der Waals surface area (Å²) in [6.45, 7) is 5.41. The van der Waals surface area contributed by atoms with Gasteiger partial charge in [0.25, 0.3) is 0 Å². The Kier molecular flexibility index (Phi) is 7.70. The number of carbonyl (C=O) groups excluding carboxylic acids is 1. The molecule has 0 radical (unpaired) electrons. The van der Waals surface area contributed by atoms with Crippen molar-refractivity contribution in [1.29, 1.82) is 0 Å². The second-order valence-corrected chi connectivity index (χ2v) is 9.02. The molecule has 0 aromatic heterocycles. The van der Waals surface area contributed by atoms with Crippen LogP contribution in [0.2, 0.25) is 4.47 Å². The van der Waals surface area contributed by atoms with E-state index < -0.39 is 38.6 Å². The zero-order valence-electron chi connectivity index (χ0n) is 13.2. The number of alkyl carbamates (subject to hydrolysis) is 1. The molecule has 0 bridgehead atoms. The molecule has 122 valence electrons. The first-order valence-electron chi connectivity index (χ1n) is 7.15. The number of hydrogen-bond acceptors (Lipinski definition) is 3. The predicted molar refractivity (Wildman–Crippen MR) is 86.7 cm³/mol. The second kappa shape index (κ2) is 9.02. The molecule has 0 spiro atoms. The Morgan fingerprint density at radius 3 is 2.45 bits per heavy atom. The Balaban J connectivity index is 2.55. The summed E-state index contributed by atoms with van der Waals surface area (Å²) in [5.41, 5.74) is -0.558. The summed E-state index contributed by atoms with van der Waals surface area (Å²) in [5, 5.41) is 11.6. The van der Waals surface area contributed by atoms with E-state index in [1.807, 2.05) is 18.2 Å². The Morgan fingerprint density at radius 2 is 1.91 bits per heavy atom. The quantitative estimate of drug-likeness (QED) is 0.663. The minimum atomic E-state index is -0.851. The van der Waals surface area contributed by atoms with Gasteiger partial charge in [0.05, 0.1) is 0 Å². The Hall–Kier alpha value is -1.25. The first kappa shape index (κ1) is 18.8. The average Bonchev–Trinajstić information content (AvgIpc) is 2.41. The summed E-state index contributed by atoms with van der Waals surface area (Å²) in [6.07, 6.45) is -0.0163. The maximum absolute atomic E-state index is 11.9. The van der Waals surface area contributed by atoms with Gasteiger partial charge < -0.3 is 0 Å². The fraction of sp³-hybridized carbons (Fsp3) is 0.500. The predicted octanol–water partition coefficient (Wildman–Crippen LogP) is 2.19. The van der Waals surface area contributed by atoms with Crippen LogP contribution in [0.3, 0.4) is 0 Å². The molecule has 5 nitrogen and oxygen atoms in total. The van der Waals surface area contributed by atoms with Crippen molar-refractivity contribution < 1.29 is 19.4 Å². The van der Waals surface area contributed by atoms with Gasteiger partial charge in [0.15, 0.2) is 0 Å². The molecule has 0 saturated heterocycles. The SMILES string of the molecule is CC(C)(C)OC(=O)N[C@@H](CCC(=O)O)C[Te]c1ccccc1. The van der Waals surface area contributed by atoms with Crippen LogP contribution in [0.1, 0.15) is 33.6 Å². The number of carbonyl (C=O) groups is 2. The van der Waals surface area contributed by atoms with Gasteiger partial charge in [-0.05, 0) is 0 Å². The van der Waals surface area contributed by atoms with Gasteiger partial charge in [-0.15, -0.1) is 0 Å². The monoisotopic (exact) mass is 423 g/mol. The third-order valence-corrected chi connectivity index (χ3v) is 5.97. The van der Waals surface area contributed by atoms with E-state index in [2.05, 4.69) is 17.4 Å². The Labute approximate surface area is 141 Å². The minimum absolute atomic E-state index is 0.0439. The summed E-state index contributed by atoms with van der Waals surface area (Å²) < 4.78 is 7.34. The number of ether oxygens (including phenoxy) is 1. The van der Waals surface area contributed by atoms with E-state index in [9.17, 15) is 9.59 Å². The molecule has 1 aromatic carbocycles. The van der Waals surface area contributed by atoms with Gasteiger partial charge in [0.2, 0.25) is 0 Å². The first-order valence-corrected chi connectivity index (χ1v) is 9.97. The number of amides is 1. The molecule has 0 aliphatic rings. The number of aliphatic carboxylic acids is 1. The Morgan fingerprint density at radius 1 is 1.27 bits per heavy atom. The van der Waals surface area contributed by atoms with Crippen LogP contribution in [-0.2, 0) is 9.53 Å². The van der Waals surface area contributed by atoms with Crippen molar-refractivity contribution in [2.75, 3.05) is 0 Å². The van der Waals surface area contributed by atoms with Crippen LogP contribution in [0, 0.1) is 0 Å². The van der Waals surface area contributed by atoms with E-state index in [0.717, 1.165) is 4.47 Å². The van der Waals surface area contributed by atoms with Crippen molar-refractivity contribution in [3.8, 4) is 0 Å². The number of nitrogens with one attached hydrogen (secondary N) is 1. The molecule has 2 N–H and O–H groups in total. The van der Waals surface area contributed by atoms with Crippen LogP contribution in [0.25, 0.3) is 0 Å². The van der Waals surface area contributed by atoms with Gasteiger partial charge in [0.1, 0.15) is 0 Å². The number of hydrogen-bond donors (Lipinski definition) is 2. The molecule has 1 aromatic rings. The van der Waals surface area contributed by atoms with Crippen molar-refractivity contribution in [2.45, 2.75) is 49.7 Å². The zero-order chi connectivity index (χ0) is 16.6. The maximum atomic E-state index is 11.9. The molecular weight excluding hydrogens is 398 g/mol. The van der Waals surface area contributed by atoms with E-state index in [1.165, 1.54) is 3.61 Å². The second-order valence-electron chi connectivity index (χ2n) is 5.90. The molecule has 0 aliphatic heterocycles. The van der Waals surface area contributed by atoms with Crippen LogP contribution in [0.4, 0.5) is 4.79 Å². The summed E-state index contributed by atoms with van der Waals surface area (Å²) in [5.74, 6) is -0.851. The third kappa shape index (κ3) is 8.91. The van der Waals surface area contributed by atoms with Crippen molar-refractivity contribution in [3.63, 3.8) is 0 Å². The molecular formula is C16H23NO4Te. The topological polar surface area (TPSA) is 75.6 Å². The Bertz CT molecular complexity index is 485. The summed E-state index contributed by atoms with van der Waals surface area (Å²) in [6, 6.07) is 9.94. The van der Waals surface area contributed by atoms with Gasteiger partial charge in [-0.1, -0.05) is 0 Å². The van der Waals surface area contributed by atoms with Crippen LogP contribution in [-0.4, -0.2) is 49.7 Å². The van der Waals surface area contributed by atoms with Crippen LogP contribution in [0.5, 0.6) is 0 Å². The van der Waals surface area contributed by atoms with E-state index in [0.29, 0.717) is 6.42 Å². The summed E-state index contributed by atoms with van der Waals surface area (Å²) in [7, 11) is 0. The molecule has 0 aliphatic carbocycles. The molecule has 1 amide bonds. The third-order valence-electron chi connectivity index (χ3n) is 2.62. The van der Waals surface area contributed by atoms with Crippen molar-refractivity contribution in [3.05, 3.63) is 30.3 Å². The molecule has 0 fully saturated rings. The van der Waals surface area contributed by atoms with Gasteiger partial charge in [-0.2, -0.15) is 0 Å². The first-order chi connectivity index (χ1) is 10.3.